The molecule has 182 valence electrons. The Hall–Kier alpha value is -4.12. The third-order valence-corrected chi connectivity index (χ3v) is 5.08. The van der Waals surface area contributed by atoms with Gasteiger partial charge >= 0.3 is 6.18 Å². The van der Waals surface area contributed by atoms with Crippen molar-refractivity contribution in [1.82, 2.24) is 21.1 Å². The van der Waals surface area contributed by atoms with E-state index in [2.05, 4.69) is 26.3 Å². The quantitative estimate of drug-likeness (QED) is 0.349. The van der Waals surface area contributed by atoms with Crippen LogP contribution < -0.4 is 15.8 Å². The highest BCUT2D eigenvalue weighted by atomic mass is 19.4. The first-order valence-corrected chi connectivity index (χ1v) is 10.7. The highest BCUT2D eigenvalue weighted by Crippen LogP contribution is 2.29. The highest BCUT2D eigenvalue weighted by molar-refractivity contribution is 5.98. The summed E-state index contributed by atoms with van der Waals surface area (Å²) < 4.78 is 43.7. The van der Waals surface area contributed by atoms with Crippen LogP contribution in [0.3, 0.4) is 0 Å². The van der Waals surface area contributed by atoms with Gasteiger partial charge in [-0.05, 0) is 36.2 Å². The summed E-state index contributed by atoms with van der Waals surface area (Å²) in [7, 11) is 0. The fourth-order valence-corrected chi connectivity index (χ4v) is 3.15. The molecule has 0 bridgehead atoms. The normalized spacial score (nSPS) is 13.9. The first-order valence-electron chi connectivity index (χ1n) is 10.7. The Bertz CT molecular complexity index is 1170. The Kier molecular flexibility index (Phi) is 7.46. The van der Waals surface area contributed by atoms with Crippen LogP contribution in [0, 0.1) is 0 Å². The summed E-state index contributed by atoms with van der Waals surface area (Å²) >= 11 is 0. The first-order chi connectivity index (χ1) is 16.9. The van der Waals surface area contributed by atoms with Crippen molar-refractivity contribution in [2.45, 2.75) is 26.3 Å². The molecule has 3 aromatic rings. The molecule has 0 fully saturated rings. The molecule has 0 spiro atoms. The average molecular weight is 484 g/mol. The van der Waals surface area contributed by atoms with E-state index >= 15 is 0 Å². The van der Waals surface area contributed by atoms with Crippen LogP contribution in [0.25, 0.3) is 0 Å². The average Bonchev–Trinajstić information content (AvgIpc) is 3.30. The fraction of sp³-hybridized carbons (Fsp3) is 0.208. The van der Waals surface area contributed by atoms with Crippen LogP contribution in [-0.4, -0.2) is 28.1 Å². The third kappa shape index (κ3) is 6.70. The number of hydrogen-bond acceptors (Lipinski definition) is 8. The molecule has 0 aliphatic carbocycles. The van der Waals surface area contributed by atoms with Gasteiger partial charge in [-0.3, -0.25) is 5.01 Å². The number of amidine groups is 1. The Labute approximate surface area is 200 Å². The lowest BCUT2D eigenvalue weighted by Gasteiger charge is -2.19. The van der Waals surface area contributed by atoms with Crippen molar-refractivity contribution in [2.24, 2.45) is 10.3 Å². The molecule has 0 saturated heterocycles. The Morgan fingerprint density at radius 3 is 2.43 bits per heavy atom. The molecule has 1 aromatic heterocycles. The van der Waals surface area contributed by atoms with Gasteiger partial charge in [-0.1, -0.05) is 47.6 Å². The number of nitrogens with zero attached hydrogens (tertiary/aromatic N) is 4. The van der Waals surface area contributed by atoms with Gasteiger partial charge in [0.15, 0.2) is 12.4 Å². The second kappa shape index (κ2) is 10.9. The number of halogens is 3. The minimum Gasteiger partial charge on any atom is -0.469 e. The van der Waals surface area contributed by atoms with Crippen molar-refractivity contribution in [3.05, 3.63) is 95.2 Å². The Balaban J connectivity index is 1.26. The number of rotatable bonds is 9. The zero-order chi connectivity index (χ0) is 24.7. The zero-order valence-corrected chi connectivity index (χ0v) is 18.8. The second-order valence-corrected chi connectivity index (χ2v) is 7.64. The van der Waals surface area contributed by atoms with E-state index in [0.717, 1.165) is 23.3 Å². The van der Waals surface area contributed by atoms with Crippen molar-refractivity contribution < 1.29 is 22.7 Å². The van der Waals surface area contributed by atoms with Gasteiger partial charge < -0.3 is 9.57 Å². The minimum atomic E-state index is -4.36. The molecule has 8 nitrogen and oxygen atoms in total. The highest BCUT2D eigenvalue weighted by Gasteiger charge is 2.29. The molecule has 11 heteroatoms. The SMILES string of the molecule is CC(=NOCc1ccc(C(F)(F)F)cc1)c1ccc(OCC2=NNNN2Cc2ccccc2)nc1. The largest absolute Gasteiger partial charge is 0.469 e. The third-order valence-electron chi connectivity index (χ3n) is 5.08. The summed E-state index contributed by atoms with van der Waals surface area (Å²) in [5, 5.41) is 10.0. The maximum absolute atomic E-state index is 12.6. The van der Waals surface area contributed by atoms with Gasteiger partial charge in [0.1, 0.15) is 6.61 Å². The van der Waals surface area contributed by atoms with E-state index in [-0.39, 0.29) is 13.2 Å². The lowest BCUT2D eigenvalue weighted by molar-refractivity contribution is -0.137. The molecular formula is C24H23F3N6O2. The van der Waals surface area contributed by atoms with E-state index in [0.29, 0.717) is 29.5 Å². The topological polar surface area (TPSA) is 83.4 Å². The van der Waals surface area contributed by atoms with Gasteiger partial charge in [-0.2, -0.15) is 13.2 Å². The zero-order valence-electron chi connectivity index (χ0n) is 18.8. The molecule has 1 aliphatic rings. The number of hydrogen-bond donors (Lipinski definition) is 2. The summed E-state index contributed by atoms with van der Waals surface area (Å²) in [5.74, 6) is 1.09. The molecule has 1 aliphatic heterocycles. The summed E-state index contributed by atoms with van der Waals surface area (Å²) in [6, 6.07) is 18.2. The standard InChI is InChI=1S/C24H23F3N6O2/c1-17(30-35-15-19-7-10-21(11-8-19)24(25,26)27)20-9-12-23(28-13-20)34-16-22-29-31-32-33(22)14-18-5-3-2-4-6-18/h2-13,31-32H,14-16H2,1H3. The monoisotopic (exact) mass is 484 g/mol. The molecule has 0 unspecified atom stereocenters. The molecule has 0 radical (unpaired) electrons. The number of benzene rings is 2. The fourth-order valence-electron chi connectivity index (χ4n) is 3.15. The van der Waals surface area contributed by atoms with Gasteiger partial charge in [-0.15, -0.1) is 10.6 Å². The van der Waals surface area contributed by atoms with Crippen LogP contribution in [0.15, 0.2) is 83.2 Å². The molecular weight excluding hydrogens is 461 g/mol. The second-order valence-electron chi connectivity index (χ2n) is 7.64. The van der Waals surface area contributed by atoms with Crippen molar-refractivity contribution in [1.29, 1.82) is 0 Å². The number of pyridine rings is 1. The van der Waals surface area contributed by atoms with Gasteiger partial charge in [0.25, 0.3) is 0 Å². The van der Waals surface area contributed by atoms with Gasteiger partial charge in [-0.25, -0.2) is 10.5 Å². The number of hydrazine groups is 2. The predicted octanol–water partition coefficient (Wildman–Crippen LogP) is 4.26. The summed E-state index contributed by atoms with van der Waals surface area (Å²) in [5.41, 5.74) is 7.97. The molecule has 4 rings (SSSR count). The van der Waals surface area contributed by atoms with Crippen molar-refractivity contribution in [3.8, 4) is 5.88 Å². The molecule has 0 amide bonds. The lowest BCUT2D eigenvalue weighted by atomic mass is 10.1. The van der Waals surface area contributed by atoms with E-state index in [1.807, 2.05) is 35.3 Å². The molecule has 0 saturated carbocycles. The van der Waals surface area contributed by atoms with E-state index in [4.69, 9.17) is 9.57 Å². The van der Waals surface area contributed by atoms with Crippen molar-refractivity contribution >= 4 is 11.5 Å². The number of aromatic nitrogens is 1. The van der Waals surface area contributed by atoms with Crippen molar-refractivity contribution in [3.63, 3.8) is 0 Å². The van der Waals surface area contributed by atoms with Crippen LogP contribution >= 0.6 is 0 Å². The number of ether oxygens (including phenoxy) is 1. The van der Waals surface area contributed by atoms with Gasteiger partial charge in [0, 0.05) is 17.8 Å². The number of oxime groups is 1. The number of nitrogens with one attached hydrogen (secondary N) is 2. The Morgan fingerprint density at radius 2 is 1.74 bits per heavy atom. The van der Waals surface area contributed by atoms with Crippen LogP contribution in [0.5, 0.6) is 5.88 Å². The smallest absolute Gasteiger partial charge is 0.416 e. The van der Waals surface area contributed by atoms with E-state index in [1.54, 1.807) is 25.3 Å². The van der Waals surface area contributed by atoms with Gasteiger partial charge in [0.05, 0.1) is 17.8 Å². The Morgan fingerprint density at radius 1 is 0.971 bits per heavy atom. The molecule has 2 aromatic carbocycles. The first kappa shape index (κ1) is 24.0. The van der Waals surface area contributed by atoms with E-state index in [1.165, 1.54) is 12.1 Å². The number of hydrazone groups is 1. The minimum absolute atomic E-state index is 0.0494. The molecule has 2 heterocycles. The molecule has 35 heavy (non-hydrogen) atoms. The summed E-state index contributed by atoms with van der Waals surface area (Å²) in [6.07, 6.45) is -2.76. The summed E-state index contributed by atoms with van der Waals surface area (Å²) in [4.78, 5) is 9.57. The van der Waals surface area contributed by atoms with E-state index in [9.17, 15) is 13.2 Å². The molecule has 2 N–H and O–H groups in total. The van der Waals surface area contributed by atoms with E-state index < -0.39 is 11.7 Å². The maximum Gasteiger partial charge on any atom is 0.416 e. The van der Waals surface area contributed by atoms with Gasteiger partial charge in [0.2, 0.25) is 5.88 Å². The van der Waals surface area contributed by atoms with Crippen molar-refractivity contribution in [2.75, 3.05) is 6.61 Å². The lowest BCUT2D eigenvalue weighted by Crippen LogP contribution is -2.42. The molecule has 0 atom stereocenters. The number of alkyl halides is 3. The van der Waals surface area contributed by atoms with Crippen LogP contribution in [0.1, 0.15) is 29.2 Å². The van der Waals surface area contributed by atoms with Crippen LogP contribution in [0.2, 0.25) is 0 Å². The maximum atomic E-state index is 12.6. The van der Waals surface area contributed by atoms with Crippen LogP contribution in [0.4, 0.5) is 13.2 Å². The summed E-state index contributed by atoms with van der Waals surface area (Å²) in [6.45, 7) is 2.62. The predicted molar refractivity (Wildman–Crippen MR) is 124 cm³/mol. The van der Waals surface area contributed by atoms with Crippen LogP contribution in [-0.2, 0) is 24.2 Å².